The van der Waals surface area contributed by atoms with Crippen LogP contribution in [0.3, 0.4) is 0 Å². The molecular formula is C12H8BrF4N3O. The summed E-state index contributed by atoms with van der Waals surface area (Å²) in [5.74, 6) is -7.55. The molecule has 0 fully saturated rings. The van der Waals surface area contributed by atoms with Crippen LogP contribution in [0.15, 0.2) is 10.5 Å². The zero-order valence-corrected chi connectivity index (χ0v) is 12.4. The van der Waals surface area contributed by atoms with Crippen molar-refractivity contribution in [2.45, 2.75) is 6.92 Å². The first-order valence-electron chi connectivity index (χ1n) is 5.57. The van der Waals surface area contributed by atoms with Gasteiger partial charge in [-0.3, -0.25) is 9.48 Å². The monoisotopic (exact) mass is 365 g/mol. The van der Waals surface area contributed by atoms with Gasteiger partial charge < -0.3 is 5.32 Å². The van der Waals surface area contributed by atoms with Gasteiger partial charge in [-0.25, -0.2) is 17.6 Å². The third kappa shape index (κ3) is 2.65. The van der Waals surface area contributed by atoms with E-state index in [1.807, 2.05) is 5.32 Å². The van der Waals surface area contributed by atoms with Crippen molar-refractivity contribution in [2.24, 2.45) is 7.05 Å². The lowest BCUT2D eigenvalue weighted by atomic mass is 10.2. The summed E-state index contributed by atoms with van der Waals surface area (Å²) in [4.78, 5) is 12.0. The van der Waals surface area contributed by atoms with Gasteiger partial charge >= 0.3 is 0 Å². The molecule has 0 bridgehead atoms. The zero-order chi connectivity index (χ0) is 15.9. The molecule has 1 aromatic carbocycles. The average molecular weight is 366 g/mol. The lowest BCUT2D eigenvalue weighted by molar-refractivity contribution is 0.101. The smallest absolute Gasteiger partial charge is 0.275 e. The number of anilines is 1. The number of carbonyl (C=O) groups is 1. The molecule has 0 aliphatic carbocycles. The van der Waals surface area contributed by atoms with Crippen molar-refractivity contribution in [3.05, 3.63) is 45.2 Å². The molecule has 0 atom stereocenters. The van der Waals surface area contributed by atoms with Crippen molar-refractivity contribution in [3.8, 4) is 0 Å². The largest absolute Gasteiger partial charge is 0.315 e. The van der Waals surface area contributed by atoms with E-state index in [4.69, 9.17) is 0 Å². The summed E-state index contributed by atoms with van der Waals surface area (Å²) in [7, 11) is 1.44. The van der Waals surface area contributed by atoms with Gasteiger partial charge in [0.15, 0.2) is 23.3 Å². The van der Waals surface area contributed by atoms with E-state index in [-0.39, 0.29) is 11.8 Å². The van der Waals surface area contributed by atoms with Gasteiger partial charge in [-0.1, -0.05) is 0 Å². The predicted octanol–water partition coefficient (Wildman–Crippen LogP) is 3.30. The van der Waals surface area contributed by atoms with Gasteiger partial charge in [-0.15, -0.1) is 0 Å². The summed E-state index contributed by atoms with van der Waals surface area (Å²) in [6.07, 6.45) is 0. The van der Waals surface area contributed by atoms with Gasteiger partial charge in [0, 0.05) is 13.1 Å². The van der Waals surface area contributed by atoms with Crippen LogP contribution in [-0.2, 0) is 7.05 Å². The van der Waals surface area contributed by atoms with Gasteiger partial charge in [0.2, 0.25) is 0 Å². The molecule has 0 saturated heterocycles. The number of aromatic nitrogens is 2. The van der Waals surface area contributed by atoms with Crippen molar-refractivity contribution in [2.75, 3.05) is 5.32 Å². The van der Waals surface area contributed by atoms with Gasteiger partial charge in [0.25, 0.3) is 5.91 Å². The Balaban J connectivity index is 2.46. The average Bonchev–Trinajstić information content (AvgIpc) is 2.66. The fourth-order valence-corrected chi connectivity index (χ4v) is 2.25. The van der Waals surface area contributed by atoms with Crippen molar-refractivity contribution < 1.29 is 22.4 Å². The molecule has 1 aromatic heterocycles. The van der Waals surface area contributed by atoms with Crippen molar-refractivity contribution in [1.82, 2.24) is 9.78 Å². The van der Waals surface area contributed by atoms with Crippen molar-refractivity contribution in [1.29, 1.82) is 0 Å². The van der Waals surface area contributed by atoms with Crippen molar-refractivity contribution in [3.63, 3.8) is 0 Å². The highest BCUT2D eigenvalue weighted by Crippen LogP contribution is 2.26. The number of rotatable bonds is 2. The molecule has 0 saturated carbocycles. The fraction of sp³-hybridized carbons (Fsp3) is 0.167. The molecule has 1 amide bonds. The number of hydrogen-bond acceptors (Lipinski definition) is 2. The van der Waals surface area contributed by atoms with E-state index in [0.29, 0.717) is 10.2 Å². The Morgan fingerprint density at radius 1 is 1.24 bits per heavy atom. The van der Waals surface area contributed by atoms with Crippen molar-refractivity contribution >= 4 is 27.5 Å². The summed E-state index contributed by atoms with van der Waals surface area (Å²) < 4.78 is 54.6. The molecule has 0 aliphatic heterocycles. The molecule has 0 radical (unpaired) electrons. The van der Waals surface area contributed by atoms with E-state index in [1.165, 1.54) is 11.7 Å². The quantitative estimate of drug-likeness (QED) is 0.655. The molecule has 9 heteroatoms. The summed E-state index contributed by atoms with van der Waals surface area (Å²) in [6.45, 7) is 1.60. The van der Waals surface area contributed by atoms with Crippen LogP contribution in [-0.4, -0.2) is 15.7 Å². The third-order valence-corrected chi connectivity index (χ3v) is 3.66. The van der Waals surface area contributed by atoms with Crippen LogP contribution < -0.4 is 5.32 Å². The third-order valence-electron chi connectivity index (χ3n) is 2.71. The number of halogens is 5. The van der Waals surface area contributed by atoms with Crippen LogP contribution in [0.25, 0.3) is 0 Å². The van der Waals surface area contributed by atoms with E-state index in [1.54, 1.807) is 6.92 Å². The number of nitrogens with one attached hydrogen (secondary N) is 1. The fourth-order valence-electron chi connectivity index (χ4n) is 1.73. The Labute approximate surface area is 124 Å². The second-order valence-electron chi connectivity index (χ2n) is 4.17. The first-order chi connectivity index (χ1) is 9.73. The summed E-state index contributed by atoms with van der Waals surface area (Å²) in [6, 6.07) is 0.0600. The minimum atomic E-state index is -1.68. The van der Waals surface area contributed by atoms with E-state index in [9.17, 15) is 22.4 Å². The molecule has 4 nitrogen and oxygen atoms in total. The molecule has 21 heavy (non-hydrogen) atoms. The second-order valence-corrected chi connectivity index (χ2v) is 4.96. The van der Waals surface area contributed by atoms with E-state index >= 15 is 0 Å². The predicted molar refractivity (Wildman–Crippen MR) is 69.9 cm³/mol. The number of amides is 1. The van der Waals surface area contributed by atoms with Crippen LogP contribution in [0.5, 0.6) is 0 Å². The second kappa shape index (κ2) is 5.47. The van der Waals surface area contributed by atoms with Crippen LogP contribution in [0.1, 0.15) is 16.2 Å². The number of nitrogens with zero attached hydrogens (tertiary/aromatic N) is 2. The number of hydrogen-bond donors (Lipinski definition) is 1. The Kier molecular flexibility index (Phi) is 4.04. The number of aryl methyl sites for hydroxylation is 2. The highest BCUT2D eigenvalue weighted by molar-refractivity contribution is 9.10. The minimum absolute atomic E-state index is 0.0454. The Morgan fingerprint density at radius 2 is 1.76 bits per heavy atom. The van der Waals surface area contributed by atoms with Gasteiger partial charge in [-0.2, -0.15) is 5.10 Å². The molecule has 0 aliphatic rings. The molecule has 0 unspecified atom stereocenters. The molecule has 1 N–H and O–H groups in total. The maximum atomic E-state index is 13.5. The van der Waals surface area contributed by atoms with E-state index < -0.39 is 34.9 Å². The van der Waals surface area contributed by atoms with Crippen LogP contribution in [0.2, 0.25) is 0 Å². The lowest BCUT2D eigenvalue weighted by Gasteiger charge is -2.09. The lowest BCUT2D eigenvalue weighted by Crippen LogP contribution is -2.19. The highest BCUT2D eigenvalue weighted by atomic mass is 79.9. The van der Waals surface area contributed by atoms with Crippen LogP contribution in [0, 0.1) is 30.2 Å². The SMILES string of the molecule is Cc1nn(C)c(C(=O)Nc2c(F)c(F)cc(F)c2F)c1Br. The van der Waals surface area contributed by atoms with Crippen LogP contribution >= 0.6 is 15.9 Å². The molecule has 112 valence electrons. The summed E-state index contributed by atoms with van der Waals surface area (Å²) in [5, 5.41) is 5.74. The van der Waals surface area contributed by atoms with E-state index in [2.05, 4.69) is 21.0 Å². The molecule has 2 aromatic rings. The highest BCUT2D eigenvalue weighted by Gasteiger charge is 2.24. The Hall–Kier alpha value is -1.90. The first kappa shape index (κ1) is 15.5. The number of benzene rings is 1. The molecular weight excluding hydrogens is 358 g/mol. The first-order valence-corrected chi connectivity index (χ1v) is 6.36. The summed E-state index contributed by atoms with van der Waals surface area (Å²) in [5.41, 5.74) is -0.770. The Bertz CT molecular complexity index is 719. The van der Waals surface area contributed by atoms with Crippen LogP contribution in [0.4, 0.5) is 23.2 Å². The topological polar surface area (TPSA) is 46.9 Å². The summed E-state index contributed by atoms with van der Waals surface area (Å²) >= 11 is 3.10. The standard InChI is InChI=1S/C12H8BrF4N3O/c1-4-7(13)11(20(2)19-4)12(21)18-10-8(16)5(14)3-6(15)9(10)17/h3H,1-2H3,(H,18,21). The maximum absolute atomic E-state index is 13.5. The Morgan fingerprint density at radius 3 is 2.19 bits per heavy atom. The van der Waals surface area contributed by atoms with Gasteiger partial charge in [-0.05, 0) is 22.9 Å². The van der Waals surface area contributed by atoms with E-state index in [0.717, 1.165) is 0 Å². The normalized spacial score (nSPS) is 10.8. The van der Waals surface area contributed by atoms with Gasteiger partial charge in [0.1, 0.15) is 11.4 Å². The molecule has 1 heterocycles. The minimum Gasteiger partial charge on any atom is -0.315 e. The zero-order valence-electron chi connectivity index (χ0n) is 10.8. The van der Waals surface area contributed by atoms with Gasteiger partial charge in [0.05, 0.1) is 10.2 Å². The number of carbonyl (C=O) groups excluding carboxylic acids is 1. The maximum Gasteiger partial charge on any atom is 0.275 e. The molecule has 0 spiro atoms. The molecule has 2 rings (SSSR count).